The lowest BCUT2D eigenvalue weighted by Gasteiger charge is -2.36. The smallest absolute Gasteiger partial charge is 0.300 e. The van der Waals surface area contributed by atoms with Gasteiger partial charge in [0.2, 0.25) is 5.91 Å². The molecule has 1 fully saturated rings. The minimum absolute atomic E-state index is 0.0266. The van der Waals surface area contributed by atoms with Crippen molar-refractivity contribution in [2.45, 2.75) is 31.5 Å². The van der Waals surface area contributed by atoms with Gasteiger partial charge in [-0.25, -0.2) is 0 Å². The molecule has 1 aliphatic rings. The van der Waals surface area contributed by atoms with Gasteiger partial charge in [0.15, 0.2) is 0 Å². The zero-order chi connectivity index (χ0) is 13.3. The van der Waals surface area contributed by atoms with Crippen LogP contribution in [0.15, 0.2) is 24.3 Å². The van der Waals surface area contributed by atoms with E-state index in [4.69, 9.17) is 0 Å². The molecule has 1 amide bonds. The van der Waals surface area contributed by atoms with Crippen molar-refractivity contribution in [3.8, 4) is 0 Å². The van der Waals surface area contributed by atoms with Gasteiger partial charge in [0.1, 0.15) is 6.04 Å². The number of carbonyl (C=O) groups is 1. The van der Waals surface area contributed by atoms with Gasteiger partial charge in [-0.2, -0.15) is 13.2 Å². The molecule has 2 rings (SSSR count). The van der Waals surface area contributed by atoms with Gasteiger partial charge in [-0.1, -0.05) is 0 Å². The lowest BCUT2D eigenvalue weighted by Crippen LogP contribution is -2.51. The molecule has 6 heteroatoms. The average molecular weight is 369 g/mol. The van der Waals surface area contributed by atoms with E-state index in [2.05, 4.69) is 22.6 Å². The molecule has 1 aliphatic heterocycles. The number of carbonyl (C=O) groups excluding carboxylic acids is 1. The first-order valence-corrected chi connectivity index (χ1v) is 6.62. The van der Waals surface area contributed by atoms with Crippen LogP contribution in [0, 0.1) is 3.57 Å². The minimum Gasteiger partial charge on any atom is -0.300 e. The van der Waals surface area contributed by atoms with E-state index < -0.39 is 18.1 Å². The van der Waals surface area contributed by atoms with Crippen LogP contribution >= 0.6 is 22.6 Å². The Kier molecular flexibility index (Phi) is 3.84. The second-order valence-corrected chi connectivity index (χ2v) is 5.44. The number of benzene rings is 1. The molecule has 2 nitrogen and oxygen atoms in total. The minimum atomic E-state index is -4.38. The van der Waals surface area contributed by atoms with Gasteiger partial charge in [0, 0.05) is 15.7 Å². The molecular formula is C12H11F3INO. The molecule has 18 heavy (non-hydrogen) atoms. The van der Waals surface area contributed by atoms with E-state index in [-0.39, 0.29) is 12.8 Å². The van der Waals surface area contributed by atoms with Crippen LogP contribution in [0.1, 0.15) is 19.3 Å². The van der Waals surface area contributed by atoms with E-state index >= 15 is 0 Å². The third kappa shape index (κ3) is 2.78. The van der Waals surface area contributed by atoms with Crippen molar-refractivity contribution < 1.29 is 18.0 Å². The van der Waals surface area contributed by atoms with Crippen molar-refractivity contribution in [2.24, 2.45) is 0 Å². The van der Waals surface area contributed by atoms with Crippen LogP contribution in [0.3, 0.4) is 0 Å². The number of rotatable bonds is 1. The fourth-order valence-electron chi connectivity index (χ4n) is 2.11. The van der Waals surface area contributed by atoms with E-state index in [0.717, 1.165) is 8.47 Å². The highest BCUT2D eigenvalue weighted by atomic mass is 127. The highest BCUT2D eigenvalue weighted by molar-refractivity contribution is 14.1. The van der Waals surface area contributed by atoms with Gasteiger partial charge >= 0.3 is 6.18 Å². The van der Waals surface area contributed by atoms with Crippen LogP contribution in [0.4, 0.5) is 18.9 Å². The number of piperidine rings is 1. The lowest BCUT2D eigenvalue weighted by molar-refractivity contribution is -0.158. The molecule has 0 aliphatic carbocycles. The topological polar surface area (TPSA) is 20.3 Å². The van der Waals surface area contributed by atoms with Crippen LogP contribution in [-0.2, 0) is 4.79 Å². The molecule has 1 aromatic rings. The largest absolute Gasteiger partial charge is 0.409 e. The van der Waals surface area contributed by atoms with Gasteiger partial charge < -0.3 is 4.90 Å². The van der Waals surface area contributed by atoms with Crippen molar-refractivity contribution >= 4 is 34.2 Å². The summed E-state index contributed by atoms with van der Waals surface area (Å²) in [5, 5.41) is 0. The van der Waals surface area contributed by atoms with Gasteiger partial charge in [-0.05, 0) is 59.7 Å². The van der Waals surface area contributed by atoms with Crippen molar-refractivity contribution in [3.63, 3.8) is 0 Å². The first kappa shape index (κ1) is 13.6. The molecule has 0 bridgehead atoms. The average Bonchev–Trinajstić information content (AvgIpc) is 2.29. The third-order valence-electron chi connectivity index (χ3n) is 2.93. The first-order chi connectivity index (χ1) is 8.39. The maximum absolute atomic E-state index is 12.9. The molecule has 1 heterocycles. The van der Waals surface area contributed by atoms with Gasteiger partial charge in [0.25, 0.3) is 0 Å². The fraction of sp³-hybridized carbons (Fsp3) is 0.417. The number of hydrogen-bond donors (Lipinski definition) is 0. The quantitative estimate of drug-likeness (QED) is 0.691. The summed E-state index contributed by atoms with van der Waals surface area (Å²) in [4.78, 5) is 12.6. The highest BCUT2D eigenvalue weighted by Crippen LogP contribution is 2.35. The Bertz CT molecular complexity index is 444. The van der Waals surface area contributed by atoms with Crippen molar-refractivity contribution in [3.05, 3.63) is 27.8 Å². The second-order valence-electron chi connectivity index (χ2n) is 4.19. The molecule has 0 N–H and O–H groups in total. The van der Waals surface area contributed by atoms with Crippen LogP contribution in [0.25, 0.3) is 0 Å². The van der Waals surface area contributed by atoms with Crippen molar-refractivity contribution in [1.29, 1.82) is 0 Å². The summed E-state index contributed by atoms with van der Waals surface area (Å²) in [6.45, 7) is 0. The number of alkyl halides is 3. The summed E-state index contributed by atoms with van der Waals surface area (Å²) in [5.41, 5.74) is 0.322. The molecular weight excluding hydrogens is 358 g/mol. The van der Waals surface area contributed by atoms with Crippen LogP contribution in [0.5, 0.6) is 0 Å². The fourth-order valence-corrected chi connectivity index (χ4v) is 2.47. The number of hydrogen-bond acceptors (Lipinski definition) is 1. The molecule has 1 aromatic carbocycles. The molecule has 0 spiro atoms. The second kappa shape index (κ2) is 5.07. The Balaban J connectivity index is 2.36. The number of nitrogens with zero attached hydrogens (tertiary/aromatic N) is 1. The summed E-state index contributed by atoms with van der Waals surface area (Å²) in [6.07, 6.45) is -3.93. The summed E-state index contributed by atoms with van der Waals surface area (Å²) in [6, 6.07) is 4.82. The normalized spacial score (nSPS) is 21.2. The molecule has 1 atom stereocenters. The highest BCUT2D eigenvalue weighted by Gasteiger charge is 2.47. The Hall–Kier alpha value is -0.790. The summed E-state index contributed by atoms with van der Waals surface area (Å²) < 4.78 is 39.7. The van der Waals surface area contributed by atoms with Crippen LogP contribution < -0.4 is 4.90 Å². The lowest BCUT2D eigenvalue weighted by atomic mass is 10.00. The number of halogens is 4. The van der Waals surface area contributed by atoms with Crippen molar-refractivity contribution in [2.75, 3.05) is 4.90 Å². The van der Waals surface area contributed by atoms with E-state index in [1.165, 1.54) is 0 Å². The number of anilines is 1. The van der Waals surface area contributed by atoms with Gasteiger partial charge in [-0.3, -0.25) is 4.79 Å². The Morgan fingerprint density at radius 2 is 1.83 bits per heavy atom. The molecule has 1 saturated heterocycles. The molecule has 0 saturated carbocycles. The maximum Gasteiger partial charge on any atom is 0.409 e. The summed E-state index contributed by atoms with van der Waals surface area (Å²) in [7, 11) is 0. The van der Waals surface area contributed by atoms with E-state index in [0.29, 0.717) is 12.1 Å². The Labute approximate surface area is 116 Å². The van der Waals surface area contributed by atoms with E-state index in [9.17, 15) is 18.0 Å². The predicted molar refractivity (Wildman–Crippen MR) is 70.3 cm³/mol. The van der Waals surface area contributed by atoms with Crippen molar-refractivity contribution in [1.82, 2.24) is 0 Å². The van der Waals surface area contributed by atoms with E-state index in [1.54, 1.807) is 24.3 Å². The molecule has 1 unspecified atom stereocenters. The summed E-state index contributed by atoms with van der Waals surface area (Å²) >= 11 is 2.07. The standard InChI is InChI=1S/C12H11F3INO/c13-12(14,15)10-2-1-3-11(18)17(10)9-6-4-8(16)5-7-9/h4-7,10H,1-3H2. The third-order valence-corrected chi connectivity index (χ3v) is 3.65. The SMILES string of the molecule is O=C1CCCC(C(F)(F)F)N1c1ccc(I)cc1. The Morgan fingerprint density at radius 3 is 2.39 bits per heavy atom. The van der Waals surface area contributed by atoms with Gasteiger partial charge in [0.05, 0.1) is 0 Å². The van der Waals surface area contributed by atoms with E-state index in [1.807, 2.05) is 0 Å². The zero-order valence-electron chi connectivity index (χ0n) is 9.38. The monoisotopic (exact) mass is 369 g/mol. The maximum atomic E-state index is 12.9. The summed E-state index contributed by atoms with van der Waals surface area (Å²) in [5.74, 6) is -0.454. The predicted octanol–water partition coefficient (Wildman–Crippen LogP) is 3.74. The zero-order valence-corrected chi connectivity index (χ0v) is 11.5. The Morgan fingerprint density at radius 1 is 1.22 bits per heavy atom. The molecule has 0 aromatic heterocycles. The first-order valence-electron chi connectivity index (χ1n) is 5.54. The van der Waals surface area contributed by atoms with Gasteiger partial charge in [-0.15, -0.1) is 0 Å². The molecule has 98 valence electrons. The molecule has 0 radical (unpaired) electrons. The van der Waals surface area contributed by atoms with Crippen LogP contribution in [-0.4, -0.2) is 18.1 Å². The number of amides is 1. The van der Waals surface area contributed by atoms with Crippen LogP contribution in [0.2, 0.25) is 0 Å².